The van der Waals surface area contributed by atoms with Crippen molar-refractivity contribution >= 4 is 5.78 Å². The normalized spacial score (nSPS) is 28.6. The lowest BCUT2D eigenvalue weighted by atomic mass is 10.2. The average molecular weight is 171 g/mol. The van der Waals surface area contributed by atoms with Crippen LogP contribution in [0.4, 0.5) is 0 Å². The maximum Gasteiger partial charge on any atom is 0.271 e. The minimum absolute atomic E-state index is 0.159. The van der Waals surface area contributed by atoms with Crippen LogP contribution in [0.15, 0.2) is 11.8 Å². The lowest BCUT2D eigenvalue weighted by molar-refractivity contribution is -0.191. The third-order valence-electron chi connectivity index (χ3n) is 1.63. The van der Waals surface area contributed by atoms with E-state index in [0.29, 0.717) is 18.9 Å². The molecule has 0 aromatic heterocycles. The molecule has 1 aliphatic rings. The first-order chi connectivity index (χ1) is 5.58. The Balaban J connectivity index is 2.57. The third kappa shape index (κ3) is 1.65. The number of carbonyl (C=O) groups is 1. The highest BCUT2D eigenvalue weighted by atomic mass is 16.7. The quantitative estimate of drug-likeness (QED) is 0.658. The van der Waals surface area contributed by atoms with E-state index in [1.54, 1.807) is 13.8 Å². The molecule has 0 bridgehead atoms. The first-order valence-electron chi connectivity index (χ1n) is 3.84. The highest BCUT2D eigenvalue weighted by Crippen LogP contribution is 2.25. The van der Waals surface area contributed by atoms with Crippen LogP contribution < -0.4 is 5.73 Å². The smallest absolute Gasteiger partial charge is 0.271 e. The van der Waals surface area contributed by atoms with Gasteiger partial charge < -0.3 is 15.2 Å². The summed E-state index contributed by atoms with van der Waals surface area (Å²) in [6, 6.07) is 0. The summed E-state index contributed by atoms with van der Waals surface area (Å²) in [5, 5.41) is 0. The van der Waals surface area contributed by atoms with Crippen LogP contribution in [0.25, 0.3) is 0 Å². The summed E-state index contributed by atoms with van der Waals surface area (Å²) in [5.41, 5.74) is 5.24. The summed E-state index contributed by atoms with van der Waals surface area (Å²) in [6.45, 7) is 4.02. The van der Waals surface area contributed by atoms with Crippen molar-refractivity contribution in [3.63, 3.8) is 0 Å². The van der Waals surface area contributed by atoms with Crippen LogP contribution in [-0.2, 0) is 14.3 Å². The van der Waals surface area contributed by atoms with E-state index in [2.05, 4.69) is 0 Å². The third-order valence-corrected chi connectivity index (χ3v) is 1.63. The van der Waals surface area contributed by atoms with Gasteiger partial charge in [0.15, 0.2) is 0 Å². The largest absolute Gasteiger partial charge is 0.459 e. The van der Waals surface area contributed by atoms with Gasteiger partial charge in [-0.25, -0.2) is 0 Å². The summed E-state index contributed by atoms with van der Waals surface area (Å²) in [4.78, 5) is 11.2. The highest BCUT2D eigenvalue weighted by molar-refractivity contribution is 5.97. The first-order valence-corrected chi connectivity index (χ1v) is 3.84. The minimum atomic E-state index is -1.14. The molecule has 1 rings (SSSR count). The monoisotopic (exact) mass is 171 g/mol. The van der Waals surface area contributed by atoms with Gasteiger partial charge in [-0.15, -0.1) is 0 Å². The molecule has 4 nitrogen and oxygen atoms in total. The summed E-state index contributed by atoms with van der Waals surface area (Å²) in [7, 11) is 0. The summed E-state index contributed by atoms with van der Waals surface area (Å²) < 4.78 is 10.4. The van der Waals surface area contributed by atoms with Crippen molar-refractivity contribution in [2.75, 3.05) is 13.2 Å². The fourth-order valence-corrected chi connectivity index (χ4v) is 1.06. The van der Waals surface area contributed by atoms with Gasteiger partial charge >= 0.3 is 0 Å². The molecule has 4 heteroatoms. The summed E-state index contributed by atoms with van der Waals surface area (Å²) >= 11 is 0. The van der Waals surface area contributed by atoms with Crippen LogP contribution in [-0.4, -0.2) is 24.7 Å². The Labute approximate surface area is 71.3 Å². The minimum Gasteiger partial charge on any atom is -0.459 e. The molecule has 0 aromatic carbocycles. The maximum absolute atomic E-state index is 11.2. The molecule has 0 saturated carbocycles. The Kier molecular flexibility index (Phi) is 2.49. The van der Waals surface area contributed by atoms with Crippen molar-refractivity contribution in [2.24, 2.45) is 5.73 Å². The zero-order valence-corrected chi connectivity index (χ0v) is 7.29. The molecule has 0 fully saturated rings. The van der Waals surface area contributed by atoms with E-state index in [9.17, 15) is 4.79 Å². The van der Waals surface area contributed by atoms with E-state index in [-0.39, 0.29) is 5.78 Å². The zero-order chi connectivity index (χ0) is 9.19. The van der Waals surface area contributed by atoms with Gasteiger partial charge in [0.2, 0.25) is 5.78 Å². The lowest BCUT2D eigenvalue weighted by Crippen LogP contribution is -2.37. The molecule has 0 radical (unpaired) electrons. The van der Waals surface area contributed by atoms with Gasteiger partial charge in [0.05, 0.1) is 6.61 Å². The van der Waals surface area contributed by atoms with Gasteiger partial charge in [-0.1, -0.05) is 0 Å². The Morgan fingerprint density at radius 3 is 2.83 bits per heavy atom. The molecule has 0 spiro atoms. The maximum atomic E-state index is 11.2. The molecule has 2 N–H and O–H groups in total. The number of carbonyl (C=O) groups excluding carboxylic acids is 1. The number of allylic oxidation sites excluding steroid dienone is 1. The molecule has 0 saturated heterocycles. The standard InChI is InChI=1S/C8H13NO3/c1-6-5-7(10)8(2,12-6)11-4-3-9/h5H,3-4,9H2,1-2H3. The molecule has 0 amide bonds. The Bertz CT molecular complexity index is 224. The Hall–Kier alpha value is -0.870. The van der Waals surface area contributed by atoms with Gasteiger partial charge in [0, 0.05) is 19.5 Å². The van der Waals surface area contributed by atoms with Gasteiger partial charge in [0.25, 0.3) is 5.79 Å². The van der Waals surface area contributed by atoms with Gasteiger partial charge in [-0.05, 0) is 6.92 Å². The van der Waals surface area contributed by atoms with Gasteiger partial charge in [-0.2, -0.15) is 0 Å². The van der Waals surface area contributed by atoms with Crippen LogP contribution in [0.3, 0.4) is 0 Å². The van der Waals surface area contributed by atoms with Crippen molar-refractivity contribution in [1.82, 2.24) is 0 Å². The number of ether oxygens (including phenoxy) is 2. The second kappa shape index (κ2) is 3.25. The number of hydrogen-bond donors (Lipinski definition) is 1. The Morgan fingerprint density at radius 2 is 2.42 bits per heavy atom. The fourth-order valence-electron chi connectivity index (χ4n) is 1.06. The van der Waals surface area contributed by atoms with E-state index in [1.807, 2.05) is 0 Å². The highest BCUT2D eigenvalue weighted by Gasteiger charge is 2.39. The molecule has 1 atom stereocenters. The van der Waals surface area contributed by atoms with Crippen LogP contribution >= 0.6 is 0 Å². The van der Waals surface area contributed by atoms with E-state index in [1.165, 1.54) is 6.08 Å². The van der Waals surface area contributed by atoms with Crippen LogP contribution in [0.1, 0.15) is 13.8 Å². The summed E-state index contributed by atoms with van der Waals surface area (Å²) in [6.07, 6.45) is 1.43. The molecule has 0 aliphatic carbocycles. The molecule has 1 unspecified atom stereocenters. The van der Waals surface area contributed by atoms with Crippen LogP contribution in [0.2, 0.25) is 0 Å². The van der Waals surface area contributed by atoms with E-state index >= 15 is 0 Å². The van der Waals surface area contributed by atoms with Crippen molar-refractivity contribution in [3.8, 4) is 0 Å². The zero-order valence-electron chi connectivity index (χ0n) is 7.29. The van der Waals surface area contributed by atoms with Crippen molar-refractivity contribution in [3.05, 3.63) is 11.8 Å². The second-order valence-electron chi connectivity index (χ2n) is 2.80. The van der Waals surface area contributed by atoms with Crippen molar-refractivity contribution < 1.29 is 14.3 Å². The molecular weight excluding hydrogens is 158 g/mol. The lowest BCUT2D eigenvalue weighted by Gasteiger charge is -2.22. The predicted molar refractivity (Wildman–Crippen MR) is 43.3 cm³/mol. The molecule has 1 aliphatic heterocycles. The van der Waals surface area contributed by atoms with Gasteiger partial charge in [-0.3, -0.25) is 4.79 Å². The van der Waals surface area contributed by atoms with Crippen LogP contribution in [0, 0.1) is 0 Å². The molecule has 0 aromatic rings. The number of rotatable bonds is 3. The fraction of sp³-hybridized carbons (Fsp3) is 0.625. The number of hydrogen-bond acceptors (Lipinski definition) is 4. The van der Waals surface area contributed by atoms with Crippen LogP contribution in [0.5, 0.6) is 0 Å². The number of nitrogens with two attached hydrogens (primary N) is 1. The summed E-state index contributed by atoms with van der Waals surface area (Å²) in [5.74, 6) is -0.711. The van der Waals surface area contributed by atoms with E-state index in [0.717, 1.165) is 0 Å². The predicted octanol–water partition coefficient (Wildman–Crippen LogP) is 0.181. The molecule has 1 heterocycles. The average Bonchev–Trinajstić information content (AvgIpc) is 2.23. The Morgan fingerprint density at radius 1 is 1.75 bits per heavy atom. The van der Waals surface area contributed by atoms with E-state index in [4.69, 9.17) is 15.2 Å². The topological polar surface area (TPSA) is 61.5 Å². The van der Waals surface area contributed by atoms with Crippen molar-refractivity contribution in [2.45, 2.75) is 19.6 Å². The van der Waals surface area contributed by atoms with Gasteiger partial charge in [0.1, 0.15) is 5.76 Å². The SMILES string of the molecule is CC1=CC(=O)C(C)(OCCN)O1. The second-order valence-corrected chi connectivity index (χ2v) is 2.80. The molecular formula is C8H13NO3. The molecule has 12 heavy (non-hydrogen) atoms. The molecule has 68 valence electrons. The van der Waals surface area contributed by atoms with Crippen molar-refractivity contribution in [1.29, 1.82) is 0 Å². The first kappa shape index (κ1) is 9.22. The number of ketones is 1. The van der Waals surface area contributed by atoms with E-state index < -0.39 is 5.79 Å².